The number of carbonyl (C=O) groups excluding carboxylic acids is 2. The van der Waals surface area contributed by atoms with Crippen LogP contribution in [0.4, 0.5) is 5.69 Å². The number of nitrogens with one attached hydrogen (secondary N) is 1. The van der Waals surface area contributed by atoms with Gasteiger partial charge in [0.1, 0.15) is 13.2 Å². The zero-order chi connectivity index (χ0) is 21.8. The second-order valence-electron chi connectivity index (χ2n) is 7.12. The molecular weight excluding hydrogens is 424 g/mol. The minimum Gasteiger partial charge on any atom is -0.486 e. The number of esters is 1. The van der Waals surface area contributed by atoms with Gasteiger partial charge in [-0.05, 0) is 37.1 Å². The van der Waals surface area contributed by atoms with Crippen LogP contribution < -0.4 is 14.2 Å². The molecule has 0 saturated carbocycles. The molecule has 4 rings (SSSR count). The van der Waals surface area contributed by atoms with Crippen molar-refractivity contribution in [3.05, 3.63) is 48.0 Å². The van der Waals surface area contributed by atoms with Gasteiger partial charge in [0.05, 0.1) is 16.1 Å². The van der Waals surface area contributed by atoms with Crippen LogP contribution in [-0.2, 0) is 19.6 Å². The Kier molecular flexibility index (Phi) is 5.99. The third-order valence-corrected chi connectivity index (χ3v) is 6.36. The molecule has 0 bridgehead atoms. The molecule has 1 fully saturated rings. The summed E-state index contributed by atoms with van der Waals surface area (Å²) in [5.41, 5.74) is 0.0638. The summed E-state index contributed by atoms with van der Waals surface area (Å²) >= 11 is 0. The molecule has 0 aliphatic carbocycles. The van der Waals surface area contributed by atoms with E-state index in [1.54, 1.807) is 17.0 Å². The van der Waals surface area contributed by atoms with Crippen LogP contribution >= 0.6 is 0 Å². The number of rotatable bonds is 6. The highest BCUT2D eigenvalue weighted by molar-refractivity contribution is 7.92. The average Bonchev–Trinajstić information content (AvgIpc) is 3.32. The van der Waals surface area contributed by atoms with Gasteiger partial charge in [0.2, 0.25) is 0 Å². The highest BCUT2D eigenvalue weighted by Gasteiger charge is 2.24. The molecule has 2 aliphatic rings. The van der Waals surface area contributed by atoms with Crippen LogP contribution in [0, 0.1) is 0 Å². The summed E-state index contributed by atoms with van der Waals surface area (Å²) in [6.07, 6.45) is 1.87. The van der Waals surface area contributed by atoms with E-state index in [9.17, 15) is 18.0 Å². The van der Waals surface area contributed by atoms with Crippen molar-refractivity contribution in [3.8, 4) is 11.5 Å². The SMILES string of the molecule is O=C(OCC(=O)N1CCCC1)c1ccccc1NS(=O)(=O)c1ccc2c(c1)OCCO2. The van der Waals surface area contributed by atoms with E-state index in [0.717, 1.165) is 12.8 Å². The van der Waals surface area contributed by atoms with Gasteiger partial charge < -0.3 is 19.1 Å². The summed E-state index contributed by atoms with van der Waals surface area (Å²) in [7, 11) is -4.02. The van der Waals surface area contributed by atoms with E-state index < -0.39 is 16.0 Å². The Morgan fingerprint density at radius 1 is 1.00 bits per heavy atom. The largest absolute Gasteiger partial charge is 0.486 e. The van der Waals surface area contributed by atoms with E-state index >= 15 is 0 Å². The summed E-state index contributed by atoms with van der Waals surface area (Å²) in [5.74, 6) is -0.243. The minimum absolute atomic E-state index is 0.0119. The standard InChI is InChI=1S/C21H22N2O7S/c24-20(23-9-3-4-10-23)14-30-21(25)16-5-1-2-6-17(16)22-31(26,27)15-7-8-18-19(13-15)29-12-11-28-18/h1-2,5-8,13,22H,3-4,9-12,14H2. The van der Waals surface area contributed by atoms with E-state index in [-0.39, 0.29) is 28.7 Å². The zero-order valence-electron chi connectivity index (χ0n) is 16.7. The molecule has 31 heavy (non-hydrogen) atoms. The van der Waals surface area contributed by atoms with Crippen LogP contribution in [0.15, 0.2) is 47.4 Å². The molecule has 1 amide bonds. The number of carbonyl (C=O) groups is 2. The second kappa shape index (κ2) is 8.84. The van der Waals surface area contributed by atoms with Crippen molar-refractivity contribution in [3.63, 3.8) is 0 Å². The molecule has 2 aromatic carbocycles. The van der Waals surface area contributed by atoms with E-state index in [1.165, 1.54) is 30.3 Å². The van der Waals surface area contributed by atoms with Gasteiger partial charge in [-0.15, -0.1) is 0 Å². The first-order valence-electron chi connectivity index (χ1n) is 9.90. The summed E-state index contributed by atoms with van der Waals surface area (Å²) in [5, 5.41) is 0. The zero-order valence-corrected chi connectivity index (χ0v) is 17.5. The lowest BCUT2D eigenvalue weighted by Crippen LogP contribution is -2.32. The lowest BCUT2D eigenvalue weighted by molar-refractivity contribution is -0.133. The van der Waals surface area contributed by atoms with Gasteiger partial charge in [-0.25, -0.2) is 13.2 Å². The van der Waals surface area contributed by atoms with Crippen LogP contribution in [0.25, 0.3) is 0 Å². The first-order chi connectivity index (χ1) is 14.9. The Morgan fingerprint density at radius 2 is 1.71 bits per heavy atom. The fraction of sp³-hybridized carbons (Fsp3) is 0.333. The van der Waals surface area contributed by atoms with Gasteiger partial charge in [0.25, 0.3) is 15.9 Å². The maximum atomic E-state index is 12.9. The van der Waals surface area contributed by atoms with E-state index in [0.29, 0.717) is 37.8 Å². The third kappa shape index (κ3) is 4.74. The molecule has 1 N–H and O–H groups in total. The number of amides is 1. The molecule has 0 unspecified atom stereocenters. The molecular formula is C21H22N2O7S. The van der Waals surface area contributed by atoms with Gasteiger partial charge >= 0.3 is 5.97 Å². The smallest absolute Gasteiger partial charge is 0.340 e. The number of anilines is 1. The summed E-state index contributed by atoms with van der Waals surface area (Å²) < 4.78 is 44.2. The average molecular weight is 446 g/mol. The fourth-order valence-electron chi connectivity index (χ4n) is 3.41. The number of likely N-dealkylation sites (tertiary alicyclic amines) is 1. The summed E-state index contributed by atoms with van der Waals surface area (Å²) in [4.78, 5) is 26.3. The van der Waals surface area contributed by atoms with Crippen molar-refractivity contribution in [2.24, 2.45) is 0 Å². The van der Waals surface area contributed by atoms with Crippen LogP contribution in [0.2, 0.25) is 0 Å². The van der Waals surface area contributed by atoms with Crippen LogP contribution in [0.5, 0.6) is 11.5 Å². The maximum absolute atomic E-state index is 12.9. The minimum atomic E-state index is -4.02. The van der Waals surface area contributed by atoms with Crippen molar-refractivity contribution < 1.29 is 32.2 Å². The molecule has 9 nitrogen and oxygen atoms in total. The number of benzene rings is 2. The van der Waals surface area contributed by atoms with Crippen molar-refractivity contribution in [1.82, 2.24) is 4.90 Å². The lowest BCUT2D eigenvalue weighted by Gasteiger charge is -2.19. The predicted molar refractivity (Wildman–Crippen MR) is 111 cm³/mol. The molecule has 2 aliphatic heterocycles. The topological polar surface area (TPSA) is 111 Å². The van der Waals surface area contributed by atoms with Gasteiger partial charge in [0.15, 0.2) is 18.1 Å². The van der Waals surface area contributed by atoms with Crippen LogP contribution in [-0.4, -0.2) is 58.1 Å². The number of hydrogen-bond donors (Lipinski definition) is 1. The van der Waals surface area contributed by atoms with Crippen molar-refractivity contribution in [2.45, 2.75) is 17.7 Å². The predicted octanol–water partition coefficient (Wildman–Crippen LogP) is 2.04. The van der Waals surface area contributed by atoms with Gasteiger partial charge in [-0.3, -0.25) is 9.52 Å². The second-order valence-corrected chi connectivity index (χ2v) is 8.80. The number of ether oxygens (including phenoxy) is 3. The number of hydrogen-bond acceptors (Lipinski definition) is 7. The Hall–Kier alpha value is -3.27. The van der Waals surface area contributed by atoms with Crippen molar-refractivity contribution in [2.75, 3.05) is 37.6 Å². The molecule has 0 radical (unpaired) electrons. The lowest BCUT2D eigenvalue weighted by atomic mass is 10.2. The molecule has 2 aromatic rings. The first kappa shape index (κ1) is 21.0. The molecule has 0 spiro atoms. The van der Waals surface area contributed by atoms with E-state index in [4.69, 9.17) is 14.2 Å². The van der Waals surface area contributed by atoms with E-state index in [1.807, 2.05) is 0 Å². The van der Waals surface area contributed by atoms with Crippen molar-refractivity contribution >= 4 is 27.6 Å². The Morgan fingerprint density at radius 3 is 2.48 bits per heavy atom. The highest BCUT2D eigenvalue weighted by Crippen LogP contribution is 2.33. The number of nitrogens with zero attached hydrogens (tertiary/aromatic N) is 1. The van der Waals surface area contributed by atoms with E-state index in [2.05, 4.69) is 4.72 Å². The number of fused-ring (bicyclic) bond motifs is 1. The maximum Gasteiger partial charge on any atom is 0.340 e. The van der Waals surface area contributed by atoms with Gasteiger partial charge in [-0.2, -0.15) is 0 Å². The monoisotopic (exact) mass is 446 g/mol. The van der Waals surface area contributed by atoms with Crippen LogP contribution in [0.3, 0.4) is 0 Å². The first-order valence-corrected chi connectivity index (χ1v) is 11.4. The van der Waals surface area contributed by atoms with Gasteiger partial charge in [0, 0.05) is 19.2 Å². The molecule has 1 saturated heterocycles. The van der Waals surface area contributed by atoms with Crippen LogP contribution in [0.1, 0.15) is 23.2 Å². The third-order valence-electron chi connectivity index (χ3n) is 5.00. The quantitative estimate of drug-likeness (QED) is 0.676. The molecule has 2 heterocycles. The highest BCUT2D eigenvalue weighted by atomic mass is 32.2. The van der Waals surface area contributed by atoms with Gasteiger partial charge in [-0.1, -0.05) is 12.1 Å². The Balaban J connectivity index is 1.48. The fourth-order valence-corrected chi connectivity index (χ4v) is 4.50. The molecule has 164 valence electrons. The number of para-hydroxylation sites is 1. The Bertz CT molecular complexity index is 1090. The molecule has 0 aromatic heterocycles. The summed E-state index contributed by atoms with van der Waals surface area (Å²) in [6.45, 7) is 1.65. The summed E-state index contributed by atoms with van der Waals surface area (Å²) in [6, 6.07) is 10.3. The Labute approximate surface area is 179 Å². The molecule has 0 atom stereocenters. The number of sulfonamides is 1. The normalized spacial score (nSPS) is 15.4. The van der Waals surface area contributed by atoms with Crippen molar-refractivity contribution in [1.29, 1.82) is 0 Å². The molecule has 10 heteroatoms.